The molecule has 0 radical (unpaired) electrons. The number of fused-ring (bicyclic) bond motifs is 1. The predicted molar refractivity (Wildman–Crippen MR) is 92.5 cm³/mol. The van der Waals surface area contributed by atoms with Gasteiger partial charge in [0.05, 0.1) is 20.5 Å². The van der Waals surface area contributed by atoms with Gasteiger partial charge in [0.2, 0.25) is 0 Å². The Morgan fingerprint density at radius 1 is 1.19 bits per heavy atom. The maximum atomic E-state index is 13.8. The lowest BCUT2D eigenvalue weighted by Gasteiger charge is -2.08. The minimum absolute atomic E-state index is 0.249. The van der Waals surface area contributed by atoms with E-state index < -0.39 is 0 Å². The van der Waals surface area contributed by atoms with Gasteiger partial charge in [0.25, 0.3) is 0 Å². The van der Waals surface area contributed by atoms with Crippen molar-refractivity contribution in [3.63, 3.8) is 0 Å². The normalized spacial score (nSPS) is 11.2. The summed E-state index contributed by atoms with van der Waals surface area (Å²) in [6.07, 6.45) is 0. The number of aromatic nitrogens is 2. The van der Waals surface area contributed by atoms with Gasteiger partial charge in [-0.2, -0.15) is 0 Å². The van der Waals surface area contributed by atoms with E-state index in [1.54, 1.807) is 6.07 Å². The SMILES string of the molecule is Fc1cc2c(cc1I)nc(CCl)n2Cc1ccc(Cl)cc1. The molecule has 6 heteroatoms. The van der Waals surface area contributed by atoms with Crippen LogP contribution in [0.15, 0.2) is 36.4 Å². The van der Waals surface area contributed by atoms with Gasteiger partial charge in [-0.05, 0) is 46.4 Å². The maximum absolute atomic E-state index is 13.8. The van der Waals surface area contributed by atoms with Gasteiger partial charge < -0.3 is 4.57 Å². The van der Waals surface area contributed by atoms with Gasteiger partial charge in [-0.15, -0.1) is 11.6 Å². The third-order valence-corrected chi connectivity index (χ3v) is 4.56. The van der Waals surface area contributed by atoms with E-state index in [1.807, 2.05) is 51.4 Å². The van der Waals surface area contributed by atoms with Crippen LogP contribution in [0, 0.1) is 9.39 Å². The Labute approximate surface area is 145 Å². The van der Waals surface area contributed by atoms with Crippen molar-refractivity contribution in [2.24, 2.45) is 0 Å². The molecule has 2 aromatic carbocycles. The molecule has 0 fully saturated rings. The number of rotatable bonds is 3. The molecule has 1 heterocycles. The monoisotopic (exact) mass is 434 g/mol. The van der Waals surface area contributed by atoms with E-state index in [0.29, 0.717) is 15.1 Å². The van der Waals surface area contributed by atoms with Crippen LogP contribution in [0.4, 0.5) is 4.39 Å². The molecule has 1 aromatic heterocycles. The summed E-state index contributed by atoms with van der Waals surface area (Å²) in [5.41, 5.74) is 2.56. The van der Waals surface area contributed by atoms with Crippen molar-refractivity contribution >= 4 is 56.8 Å². The van der Waals surface area contributed by atoms with E-state index in [2.05, 4.69) is 4.98 Å². The molecule has 3 rings (SSSR count). The Morgan fingerprint density at radius 3 is 2.57 bits per heavy atom. The molecule has 0 aliphatic carbocycles. The van der Waals surface area contributed by atoms with Crippen LogP contribution in [0.3, 0.4) is 0 Å². The van der Waals surface area contributed by atoms with Crippen LogP contribution < -0.4 is 0 Å². The zero-order valence-electron chi connectivity index (χ0n) is 10.8. The maximum Gasteiger partial charge on any atom is 0.138 e. The smallest absolute Gasteiger partial charge is 0.138 e. The second-order valence-electron chi connectivity index (χ2n) is 4.63. The summed E-state index contributed by atoms with van der Waals surface area (Å²) < 4.78 is 16.3. The van der Waals surface area contributed by atoms with Gasteiger partial charge in [-0.1, -0.05) is 23.7 Å². The van der Waals surface area contributed by atoms with Crippen LogP contribution in [0.5, 0.6) is 0 Å². The van der Waals surface area contributed by atoms with E-state index in [1.165, 1.54) is 6.07 Å². The molecular formula is C15H10Cl2FIN2. The molecule has 0 saturated carbocycles. The largest absolute Gasteiger partial charge is 0.322 e. The van der Waals surface area contributed by atoms with Gasteiger partial charge >= 0.3 is 0 Å². The van der Waals surface area contributed by atoms with E-state index in [0.717, 1.165) is 22.4 Å². The zero-order valence-corrected chi connectivity index (χ0v) is 14.5. The van der Waals surface area contributed by atoms with Crippen LogP contribution in [0.25, 0.3) is 11.0 Å². The first-order valence-corrected chi connectivity index (χ1v) is 8.22. The highest BCUT2D eigenvalue weighted by atomic mass is 127. The molecule has 21 heavy (non-hydrogen) atoms. The molecule has 3 aromatic rings. The lowest BCUT2D eigenvalue weighted by Crippen LogP contribution is -2.04. The minimum Gasteiger partial charge on any atom is -0.322 e. The van der Waals surface area contributed by atoms with Gasteiger partial charge in [-0.3, -0.25) is 0 Å². The fourth-order valence-electron chi connectivity index (χ4n) is 2.22. The quantitative estimate of drug-likeness (QED) is 0.408. The molecular weight excluding hydrogens is 425 g/mol. The predicted octanol–water partition coefficient (Wildman–Crippen LogP) is 5.22. The number of benzene rings is 2. The molecule has 0 N–H and O–H groups in total. The Balaban J connectivity index is 2.11. The van der Waals surface area contributed by atoms with E-state index in [4.69, 9.17) is 23.2 Å². The Kier molecular flexibility index (Phi) is 4.38. The number of imidazole rings is 1. The average Bonchev–Trinajstić information content (AvgIpc) is 2.79. The van der Waals surface area contributed by atoms with Crippen molar-refractivity contribution in [3.8, 4) is 0 Å². The summed E-state index contributed by atoms with van der Waals surface area (Å²) >= 11 is 13.8. The molecule has 0 bridgehead atoms. The van der Waals surface area contributed by atoms with Crippen LogP contribution in [0.2, 0.25) is 5.02 Å². The average molecular weight is 435 g/mol. The summed E-state index contributed by atoms with van der Waals surface area (Å²) in [6.45, 7) is 0.579. The fraction of sp³-hybridized carbons (Fsp3) is 0.133. The first-order valence-electron chi connectivity index (χ1n) is 6.23. The molecule has 0 saturated heterocycles. The summed E-state index contributed by atoms with van der Waals surface area (Å²) in [5.74, 6) is 0.755. The van der Waals surface area contributed by atoms with Gasteiger partial charge in [-0.25, -0.2) is 9.37 Å². The van der Waals surface area contributed by atoms with Gasteiger partial charge in [0, 0.05) is 17.6 Å². The highest BCUT2D eigenvalue weighted by Gasteiger charge is 2.13. The topological polar surface area (TPSA) is 17.8 Å². The number of hydrogen-bond donors (Lipinski definition) is 0. The first kappa shape index (κ1) is 15.1. The first-order chi connectivity index (χ1) is 10.1. The third kappa shape index (κ3) is 3.03. The Bertz CT molecular complexity index is 800. The molecule has 108 valence electrons. The van der Waals surface area contributed by atoms with Gasteiger partial charge in [0.15, 0.2) is 0 Å². The van der Waals surface area contributed by atoms with Gasteiger partial charge in [0.1, 0.15) is 11.6 Å². The number of alkyl halides is 1. The van der Waals surface area contributed by atoms with Crippen molar-refractivity contribution in [1.29, 1.82) is 0 Å². The van der Waals surface area contributed by atoms with Crippen molar-refractivity contribution in [3.05, 3.63) is 62.2 Å². The standard InChI is InChI=1S/C15H10Cl2FIN2/c16-7-15-20-13-6-12(19)11(18)5-14(13)21(15)8-9-1-3-10(17)4-2-9/h1-6H,7-8H2. The number of nitrogens with zero attached hydrogens (tertiary/aromatic N) is 2. The molecule has 0 spiro atoms. The van der Waals surface area contributed by atoms with E-state index in [-0.39, 0.29) is 11.7 Å². The van der Waals surface area contributed by atoms with E-state index in [9.17, 15) is 4.39 Å². The number of hydrogen-bond acceptors (Lipinski definition) is 1. The molecule has 0 amide bonds. The molecule has 0 aliphatic rings. The fourth-order valence-corrected chi connectivity index (χ4v) is 3.00. The summed E-state index contributed by atoms with van der Waals surface area (Å²) in [4.78, 5) is 4.48. The minimum atomic E-state index is -0.249. The van der Waals surface area contributed by atoms with Crippen molar-refractivity contribution in [2.75, 3.05) is 0 Å². The molecule has 0 unspecified atom stereocenters. The van der Waals surface area contributed by atoms with Crippen LogP contribution in [-0.2, 0) is 12.4 Å². The third-order valence-electron chi connectivity index (χ3n) is 3.24. The van der Waals surface area contributed by atoms with E-state index >= 15 is 0 Å². The Morgan fingerprint density at radius 2 is 1.90 bits per heavy atom. The molecule has 2 nitrogen and oxygen atoms in total. The summed E-state index contributed by atoms with van der Waals surface area (Å²) in [7, 11) is 0. The summed E-state index contributed by atoms with van der Waals surface area (Å²) in [6, 6.07) is 10.8. The zero-order chi connectivity index (χ0) is 15.0. The molecule has 0 atom stereocenters. The second kappa shape index (κ2) is 6.10. The van der Waals surface area contributed by atoms with Crippen LogP contribution >= 0.6 is 45.8 Å². The highest BCUT2D eigenvalue weighted by Crippen LogP contribution is 2.24. The van der Waals surface area contributed by atoms with Crippen LogP contribution in [-0.4, -0.2) is 9.55 Å². The lowest BCUT2D eigenvalue weighted by molar-refractivity contribution is 0.621. The Hall–Kier alpha value is -0.850. The van der Waals surface area contributed by atoms with Crippen LogP contribution in [0.1, 0.15) is 11.4 Å². The van der Waals surface area contributed by atoms with Crippen molar-refractivity contribution in [1.82, 2.24) is 9.55 Å². The molecule has 0 aliphatic heterocycles. The summed E-state index contributed by atoms with van der Waals surface area (Å²) in [5, 5.41) is 0.687. The number of halogens is 4. The lowest BCUT2D eigenvalue weighted by atomic mass is 10.2. The highest BCUT2D eigenvalue weighted by molar-refractivity contribution is 14.1. The van der Waals surface area contributed by atoms with Crippen molar-refractivity contribution in [2.45, 2.75) is 12.4 Å². The van der Waals surface area contributed by atoms with Crippen molar-refractivity contribution < 1.29 is 4.39 Å². The second-order valence-corrected chi connectivity index (χ2v) is 6.50.